The van der Waals surface area contributed by atoms with Crippen molar-refractivity contribution in [1.82, 2.24) is 0 Å². The molecule has 2 heteroatoms. The maximum atomic E-state index is 2.34. The molecule has 33 heavy (non-hydrogen) atoms. The molecule has 0 unspecified atom stereocenters. The van der Waals surface area contributed by atoms with E-state index >= 15 is 0 Å². The van der Waals surface area contributed by atoms with Gasteiger partial charge in [0.2, 0.25) is 0 Å². The zero-order chi connectivity index (χ0) is 23.8. The molecular formula is C31H60ClN. The Morgan fingerprint density at radius 1 is 0.455 bits per heavy atom. The second-order valence-corrected chi connectivity index (χ2v) is 10.1. The van der Waals surface area contributed by atoms with E-state index in [1.54, 1.807) is 0 Å². The highest BCUT2D eigenvalue weighted by Crippen LogP contribution is 2.19. The average molecular weight is 482 g/mol. The predicted octanol–water partition coefficient (Wildman–Crippen LogP) is 7.12. The van der Waals surface area contributed by atoms with Crippen molar-refractivity contribution in [1.29, 1.82) is 0 Å². The fraction of sp³-hybridized carbons (Fsp3) is 0.806. The van der Waals surface area contributed by atoms with Crippen molar-refractivity contribution in [2.24, 2.45) is 0 Å². The fourth-order valence-electron chi connectivity index (χ4n) is 4.70. The van der Waals surface area contributed by atoms with Gasteiger partial charge in [0, 0.05) is 0 Å². The Kier molecular flexibility index (Phi) is 27.4. The summed E-state index contributed by atoms with van der Waals surface area (Å²) in [6.07, 6.45) is 22.8. The standard InChI is InChI=1S/C24H52N.C7H8.ClH/c1-5-9-13-17-21-25(22-18-14-10-6-2,23-19-15-11-7-3)24-20-16-12-8-4;1-7-5-3-2-4-6-7;/h5-24H2,1-4H3;2-6H,1H3;1H/q+1;;/p-1. The monoisotopic (exact) mass is 481 g/mol. The topological polar surface area (TPSA) is 0 Å². The first-order valence-electron chi connectivity index (χ1n) is 14.5. The smallest absolute Gasteiger partial charge is 0.0786 e. The van der Waals surface area contributed by atoms with Gasteiger partial charge in [-0.15, -0.1) is 0 Å². The summed E-state index contributed by atoms with van der Waals surface area (Å²) < 4.78 is 1.46. The molecule has 0 bridgehead atoms. The highest BCUT2D eigenvalue weighted by Gasteiger charge is 2.25. The minimum absolute atomic E-state index is 0. The molecule has 0 amide bonds. The number of halogens is 1. The molecule has 0 fully saturated rings. The molecule has 0 heterocycles. The van der Waals surface area contributed by atoms with Crippen LogP contribution < -0.4 is 12.4 Å². The van der Waals surface area contributed by atoms with E-state index < -0.39 is 0 Å². The second kappa shape index (κ2) is 26.1. The van der Waals surface area contributed by atoms with E-state index in [0.717, 1.165) is 0 Å². The van der Waals surface area contributed by atoms with Crippen molar-refractivity contribution >= 4 is 0 Å². The van der Waals surface area contributed by atoms with Gasteiger partial charge in [-0.3, -0.25) is 0 Å². The zero-order valence-electron chi connectivity index (χ0n) is 23.4. The highest BCUT2D eigenvalue weighted by atomic mass is 35.5. The van der Waals surface area contributed by atoms with E-state index in [1.165, 1.54) is 139 Å². The maximum absolute atomic E-state index is 2.34. The third kappa shape index (κ3) is 21.7. The Labute approximate surface area is 216 Å². The van der Waals surface area contributed by atoms with E-state index in [-0.39, 0.29) is 12.4 Å². The summed E-state index contributed by atoms with van der Waals surface area (Å²) in [7, 11) is 0. The van der Waals surface area contributed by atoms with Crippen molar-refractivity contribution in [2.45, 2.75) is 137 Å². The van der Waals surface area contributed by atoms with E-state index in [4.69, 9.17) is 0 Å². The van der Waals surface area contributed by atoms with Gasteiger partial charge in [-0.05, 0) is 58.3 Å². The molecular weight excluding hydrogens is 422 g/mol. The third-order valence-corrected chi connectivity index (χ3v) is 6.88. The van der Waals surface area contributed by atoms with Gasteiger partial charge in [-0.2, -0.15) is 0 Å². The van der Waals surface area contributed by atoms with Crippen LogP contribution >= 0.6 is 0 Å². The summed E-state index contributed by atoms with van der Waals surface area (Å²) in [6.45, 7) is 17.3. The Bertz CT molecular complexity index is 420. The molecule has 0 N–H and O–H groups in total. The maximum Gasteiger partial charge on any atom is 0.0786 e. The first-order valence-corrected chi connectivity index (χ1v) is 14.5. The van der Waals surface area contributed by atoms with Gasteiger partial charge in [0.25, 0.3) is 0 Å². The van der Waals surface area contributed by atoms with Gasteiger partial charge in [-0.25, -0.2) is 0 Å². The largest absolute Gasteiger partial charge is 1.00 e. The number of unbranched alkanes of at least 4 members (excludes halogenated alkanes) is 12. The SMILES string of the molecule is CCCCCC[N+](CCCCCC)(CCCCCC)CCCCCC.Cc1ccccc1.[Cl-]. The summed E-state index contributed by atoms with van der Waals surface area (Å²) in [5.41, 5.74) is 1.32. The lowest BCUT2D eigenvalue weighted by Gasteiger charge is -2.39. The van der Waals surface area contributed by atoms with E-state index in [0.29, 0.717) is 0 Å². The molecule has 0 aliphatic rings. The van der Waals surface area contributed by atoms with Gasteiger partial charge in [0.15, 0.2) is 0 Å². The minimum atomic E-state index is 0. The lowest BCUT2D eigenvalue weighted by Crippen LogP contribution is -3.00. The van der Waals surface area contributed by atoms with Gasteiger partial charge in [0.1, 0.15) is 0 Å². The lowest BCUT2D eigenvalue weighted by atomic mass is 10.1. The van der Waals surface area contributed by atoms with E-state index in [9.17, 15) is 0 Å². The number of nitrogens with zero attached hydrogens (tertiary/aromatic N) is 1. The second-order valence-electron chi connectivity index (χ2n) is 10.1. The van der Waals surface area contributed by atoms with Crippen LogP contribution in [0.5, 0.6) is 0 Å². The van der Waals surface area contributed by atoms with Crippen LogP contribution in [0.25, 0.3) is 0 Å². The van der Waals surface area contributed by atoms with Gasteiger partial charge in [-0.1, -0.05) is 115 Å². The first-order chi connectivity index (χ1) is 15.6. The lowest BCUT2D eigenvalue weighted by molar-refractivity contribution is -0.929. The normalized spacial score (nSPS) is 10.9. The first kappa shape index (κ1) is 34.6. The summed E-state index contributed by atoms with van der Waals surface area (Å²) >= 11 is 0. The molecule has 196 valence electrons. The molecule has 0 radical (unpaired) electrons. The number of aryl methyl sites for hydroxylation is 1. The van der Waals surface area contributed by atoms with Crippen LogP contribution in [0.1, 0.15) is 136 Å². The van der Waals surface area contributed by atoms with Gasteiger partial charge >= 0.3 is 0 Å². The molecule has 1 nitrogen and oxygen atoms in total. The third-order valence-electron chi connectivity index (χ3n) is 6.88. The minimum Gasteiger partial charge on any atom is -1.00 e. The predicted molar refractivity (Wildman–Crippen MR) is 147 cm³/mol. The van der Waals surface area contributed by atoms with Crippen molar-refractivity contribution in [2.75, 3.05) is 26.2 Å². The van der Waals surface area contributed by atoms with Crippen LogP contribution in [-0.4, -0.2) is 30.7 Å². The van der Waals surface area contributed by atoms with Crippen molar-refractivity contribution in [3.05, 3.63) is 35.9 Å². The molecule has 0 saturated heterocycles. The number of rotatable bonds is 20. The number of hydrogen-bond acceptors (Lipinski definition) is 0. The summed E-state index contributed by atoms with van der Waals surface area (Å²) in [5.74, 6) is 0. The molecule has 0 saturated carbocycles. The molecule has 0 atom stereocenters. The summed E-state index contributed by atoms with van der Waals surface area (Å²) in [4.78, 5) is 0. The van der Waals surface area contributed by atoms with Crippen LogP contribution in [0.2, 0.25) is 0 Å². The van der Waals surface area contributed by atoms with Crippen LogP contribution in [0.3, 0.4) is 0 Å². The van der Waals surface area contributed by atoms with Crippen LogP contribution in [0.15, 0.2) is 30.3 Å². The van der Waals surface area contributed by atoms with E-state index in [2.05, 4.69) is 46.8 Å². The summed E-state index contributed by atoms with van der Waals surface area (Å²) in [5, 5.41) is 0. The Morgan fingerprint density at radius 3 is 0.970 bits per heavy atom. The molecule has 1 aromatic carbocycles. The van der Waals surface area contributed by atoms with Crippen molar-refractivity contribution in [3.63, 3.8) is 0 Å². The zero-order valence-corrected chi connectivity index (χ0v) is 24.1. The quantitative estimate of drug-likeness (QED) is 0.137. The van der Waals surface area contributed by atoms with Crippen molar-refractivity contribution < 1.29 is 16.9 Å². The van der Waals surface area contributed by atoms with E-state index in [1.807, 2.05) is 18.2 Å². The highest BCUT2D eigenvalue weighted by molar-refractivity contribution is 5.11. The average Bonchev–Trinajstić information content (AvgIpc) is 2.81. The van der Waals surface area contributed by atoms with Crippen molar-refractivity contribution in [3.8, 4) is 0 Å². The Balaban J connectivity index is 0. The number of hydrogen-bond donors (Lipinski definition) is 0. The van der Waals surface area contributed by atoms with Crippen LogP contribution in [-0.2, 0) is 0 Å². The van der Waals surface area contributed by atoms with Gasteiger partial charge < -0.3 is 16.9 Å². The number of benzene rings is 1. The van der Waals surface area contributed by atoms with Crippen LogP contribution in [0.4, 0.5) is 0 Å². The molecule has 0 aliphatic carbocycles. The molecule has 1 aromatic rings. The summed E-state index contributed by atoms with van der Waals surface area (Å²) in [6, 6.07) is 10.3. The molecule has 0 spiro atoms. The fourth-order valence-corrected chi connectivity index (χ4v) is 4.70. The molecule has 0 aliphatic heterocycles. The Hall–Kier alpha value is -0.530. The number of quaternary nitrogens is 1. The molecule has 1 rings (SSSR count). The molecule has 0 aromatic heterocycles. The van der Waals surface area contributed by atoms with Crippen LogP contribution in [0, 0.1) is 6.92 Å². The van der Waals surface area contributed by atoms with Gasteiger partial charge in [0.05, 0.1) is 26.2 Å². The Morgan fingerprint density at radius 2 is 0.758 bits per heavy atom.